The fourth-order valence-electron chi connectivity index (χ4n) is 3.12. The lowest BCUT2D eigenvalue weighted by Gasteiger charge is -2.20. The van der Waals surface area contributed by atoms with Gasteiger partial charge >= 0.3 is 5.97 Å². The zero-order valence-electron chi connectivity index (χ0n) is 17.1. The van der Waals surface area contributed by atoms with Gasteiger partial charge in [-0.25, -0.2) is 4.79 Å². The Morgan fingerprint density at radius 1 is 1.16 bits per heavy atom. The van der Waals surface area contributed by atoms with Gasteiger partial charge < -0.3 is 24.7 Å². The number of fused-ring (bicyclic) bond motifs is 1. The molecule has 1 aromatic heterocycles. The van der Waals surface area contributed by atoms with Gasteiger partial charge in [-0.3, -0.25) is 9.59 Å². The predicted molar refractivity (Wildman–Crippen MR) is 114 cm³/mol. The van der Waals surface area contributed by atoms with Crippen LogP contribution in [0, 0.1) is 5.92 Å². The summed E-state index contributed by atoms with van der Waals surface area (Å²) in [5.41, 5.74) is 0.376. The van der Waals surface area contributed by atoms with Gasteiger partial charge in [0.15, 0.2) is 12.0 Å². The number of benzene rings is 2. The van der Waals surface area contributed by atoms with Gasteiger partial charge in [-0.15, -0.1) is 0 Å². The predicted octanol–water partition coefficient (Wildman–Crippen LogP) is 3.16. The van der Waals surface area contributed by atoms with E-state index < -0.39 is 30.0 Å². The standard InChI is InChI=1S/C23H23NO7/c1-3-13(2)22(23(28)29)24-20(27)12-30-15-9-16(25)21-17(26)11-18(31-19(21)10-15)14-7-5-4-6-8-14/h4-11,13,22,25H,3,12H2,1-2H3,(H,24,27)(H,28,29). The quantitative estimate of drug-likeness (QED) is 0.506. The molecule has 2 aromatic carbocycles. The molecule has 0 saturated heterocycles. The number of carbonyl (C=O) groups is 2. The third-order valence-corrected chi connectivity index (χ3v) is 5.01. The van der Waals surface area contributed by atoms with Gasteiger partial charge in [0, 0.05) is 23.8 Å². The largest absolute Gasteiger partial charge is 0.507 e. The van der Waals surface area contributed by atoms with Crippen LogP contribution >= 0.6 is 0 Å². The number of aromatic hydroxyl groups is 1. The normalized spacial score (nSPS) is 12.8. The average molecular weight is 425 g/mol. The summed E-state index contributed by atoms with van der Waals surface area (Å²) in [4.78, 5) is 36.0. The Morgan fingerprint density at radius 2 is 1.87 bits per heavy atom. The highest BCUT2D eigenvalue weighted by atomic mass is 16.5. The number of hydrogen-bond acceptors (Lipinski definition) is 6. The van der Waals surface area contributed by atoms with Crippen LogP contribution in [0.2, 0.25) is 0 Å². The third-order valence-electron chi connectivity index (χ3n) is 5.01. The number of ether oxygens (including phenoxy) is 1. The van der Waals surface area contributed by atoms with Crippen molar-refractivity contribution < 1.29 is 29.0 Å². The number of carboxylic acids is 1. The molecule has 8 heteroatoms. The van der Waals surface area contributed by atoms with Crippen LogP contribution < -0.4 is 15.5 Å². The van der Waals surface area contributed by atoms with Crippen LogP contribution in [0.1, 0.15) is 20.3 Å². The lowest BCUT2D eigenvalue weighted by atomic mass is 9.99. The summed E-state index contributed by atoms with van der Waals surface area (Å²) in [7, 11) is 0. The number of phenols is 1. The van der Waals surface area contributed by atoms with Crippen molar-refractivity contribution in [2.45, 2.75) is 26.3 Å². The van der Waals surface area contributed by atoms with Crippen molar-refractivity contribution in [2.24, 2.45) is 5.92 Å². The van der Waals surface area contributed by atoms with E-state index in [9.17, 15) is 24.6 Å². The molecule has 0 aliphatic heterocycles. The summed E-state index contributed by atoms with van der Waals surface area (Å²) in [5, 5.41) is 22.0. The van der Waals surface area contributed by atoms with Gasteiger partial charge in [-0.05, 0) is 5.92 Å². The van der Waals surface area contributed by atoms with E-state index in [1.807, 2.05) is 13.0 Å². The highest BCUT2D eigenvalue weighted by Gasteiger charge is 2.25. The van der Waals surface area contributed by atoms with Gasteiger partial charge in [0.1, 0.15) is 34.3 Å². The highest BCUT2D eigenvalue weighted by molar-refractivity contribution is 5.87. The molecule has 0 aliphatic rings. The summed E-state index contributed by atoms with van der Waals surface area (Å²) in [6, 6.07) is 11.9. The van der Waals surface area contributed by atoms with E-state index in [2.05, 4.69) is 5.32 Å². The topological polar surface area (TPSA) is 126 Å². The molecular weight excluding hydrogens is 402 g/mol. The van der Waals surface area contributed by atoms with E-state index in [-0.39, 0.29) is 28.4 Å². The van der Waals surface area contributed by atoms with Crippen molar-refractivity contribution in [2.75, 3.05) is 6.61 Å². The van der Waals surface area contributed by atoms with Gasteiger partial charge in [0.05, 0.1) is 0 Å². The van der Waals surface area contributed by atoms with Crippen molar-refractivity contribution in [3.63, 3.8) is 0 Å². The van der Waals surface area contributed by atoms with Gasteiger partial charge in [0.2, 0.25) is 0 Å². The van der Waals surface area contributed by atoms with E-state index in [1.165, 1.54) is 18.2 Å². The Kier molecular flexibility index (Phi) is 6.59. The molecule has 1 amide bonds. The summed E-state index contributed by atoms with van der Waals surface area (Å²) >= 11 is 0. The molecule has 162 valence electrons. The summed E-state index contributed by atoms with van der Waals surface area (Å²) in [6.07, 6.45) is 0.583. The number of aliphatic carboxylic acids is 1. The fraction of sp³-hybridized carbons (Fsp3) is 0.261. The first-order chi connectivity index (χ1) is 14.8. The van der Waals surface area contributed by atoms with E-state index in [4.69, 9.17) is 9.15 Å². The first-order valence-corrected chi connectivity index (χ1v) is 9.81. The monoisotopic (exact) mass is 425 g/mol. The van der Waals surface area contributed by atoms with E-state index >= 15 is 0 Å². The molecule has 31 heavy (non-hydrogen) atoms. The van der Waals surface area contributed by atoms with Crippen molar-refractivity contribution >= 4 is 22.8 Å². The third kappa shape index (κ3) is 5.03. The summed E-state index contributed by atoms with van der Waals surface area (Å²) in [6.45, 7) is 3.10. The van der Waals surface area contributed by atoms with Crippen LogP contribution in [0.15, 0.2) is 57.7 Å². The molecule has 0 spiro atoms. The van der Waals surface area contributed by atoms with Crippen molar-refractivity contribution in [1.29, 1.82) is 0 Å². The Bertz CT molecular complexity index is 1150. The zero-order chi connectivity index (χ0) is 22.5. The zero-order valence-corrected chi connectivity index (χ0v) is 17.1. The second-order valence-corrected chi connectivity index (χ2v) is 7.21. The van der Waals surface area contributed by atoms with Crippen molar-refractivity contribution in [1.82, 2.24) is 5.32 Å². The average Bonchev–Trinajstić information content (AvgIpc) is 2.75. The van der Waals surface area contributed by atoms with E-state index in [0.717, 1.165) is 0 Å². The maximum Gasteiger partial charge on any atom is 0.326 e. The molecule has 3 aromatic rings. The Labute approximate surface area is 178 Å². The minimum absolute atomic E-state index is 0.000746. The second kappa shape index (κ2) is 9.34. The van der Waals surface area contributed by atoms with Crippen LogP contribution in [0.3, 0.4) is 0 Å². The highest BCUT2D eigenvalue weighted by Crippen LogP contribution is 2.31. The molecular formula is C23H23NO7. The molecule has 8 nitrogen and oxygen atoms in total. The fourth-order valence-corrected chi connectivity index (χ4v) is 3.12. The maximum absolute atomic E-state index is 12.5. The van der Waals surface area contributed by atoms with Crippen molar-refractivity contribution in [3.05, 3.63) is 58.8 Å². The molecule has 3 rings (SSSR count). The minimum Gasteiger partial charge on any atom is -0.507 e. The number of carboxylic acid groups (broad SMARTS) is 1. The lowest BCUT2D eigenvalue weighted by molar-refractivity contribution is -0.143. The molecule has 1 heterocycles. The van der Waals surface area contributed by atoms with Crippen LogP contribution in [-0.2, 0) is 9.59 Å². The molecule has 0 saturated carbocycles. The molecule has 0 radical (unpaired) electrons. The Hall–Kier alpha value is -3.81. The first kappa shape index (κ1) is 21.9. The Morgan fingerprint density at radius 3 is 2.52 bits per heavy atom. The minimum atomic E-state index is -1.12. The lowest BCUT2D eigenvalue weighted by Crippen LogP contribution is -2.46. The number of carbonyl (C=O) groups excluding carboxylic acids is 1. The van der Waals surface area contributed by atoms with Crippen LogP contribution in [0.4, 0.5) is 0 Å². The smallest absolute Gasteiger partial charge is 0.326 e. The second-order valence-electron chi connectivity index (χ2n) is 7.21. The van der Waals surface area contributed by atoms with Crippen LogP contribution in [-0.4, -0.2) is 34.7 Å². The van der Waals surface area contributed by atoms with Gasteiger partial charge in [-0.2, -0.15) is 0 Å². The maximum atomic E-state index is 12.5. The first-order valence-electron chi connectivity index (χ1n) is 9.81. The molecule has 2 atom stereocenters. The van der Waals surface area contributed by atoms with Crippen LogP contribution in [0.5, 0.6) is 11.5 Å². The van der Waals surface area contributed by atoms with E-state index in [0.29, 0.717) is 17.7 Å². The van der Waals surface area contributed by atoms with Gasteiger partial charge in [0.25, 0.3) is 5.91 Å². The summed E-state index contributed by atoms with van der Waals surface area (Å²) in [5.74, 6) is -1.91. The molecule has 0 aliphatic carbocycles. The van der Waals surface area contributed by atoms with Gasteiger partial charge in [-0.1, -0.05) is 50.6 Å². The van der Waals surface area contributed by atoms with Crippen LogP contribution in [0.25, 0.3) is 22.3 Å². The number of hydrogen-bond donors (Lipinski definition) is 3. The molecule has 0 bridgehead atoms. The molecule has 0 fully saturated rings. The van der Waals surface area contributed by atoms with E-state index in [1.54, 1.807) is 31.2 Å². The van der Waals surface area contributed by atoms with Crippen molar-refractivity contribution in [3.8, 4) is 22.8 Å². The number of amides is 1. The molecule has 2 unspecified atom stereocenters. The molecule has 3 N–H and O–H groups in total. The number of nitrogens with one attached hydrogen (secondary N) is 1. The summed E-state index contributed by atoms with van der Waals surface area (Å²) < 4.78 is 11.2. The Balaban J connectivity index is 1.82. The number of phenolic OH excluding ortho intramolecular Hbond substituents is 1. The SMILES string of the molecule is CCC(C)C(NC(=O)COc1cc(O)c2c(=O)cc(-c3ccccc3)oc2c1)C(=O)O. The number of rotatable bonds is 8.